The average molecular weight is 158 g/mol. The van der Waals surface area contributed by atoms with Crippen LogP contribution in [0.5, 0.6) is 0 Å². The lowest BCUT2D eigenvalue weighted by molar-refractivity contribution is -0.619. The molecule has 0 saturated heterocycles. The summed E-state index contributed by atoms with van der Waals surface area (Å²) in [5, 5.41) is 11.5. The van der Waals surface area contributed by atoms with Gasteiger partial charge in [0.1, 0.15) is 5.02 Å². The summed E-state index contributed by atoms with van der Waals surface area (Å²) in [4.78, 5) is 0. The van der Waals surface area contributed by atoms with Crippen LogP contribution in [0.25, 0.3) is 0 Å². The number of hydrogen-bond donors (Lipinski definition) is 0. The first-order valence-electron chi connectivity index (χ1n) is 2.98. The van der Waals surface area contributed by atoms with E-state index in [0.29, 0.717) is 16.4 Å². The summed E-state index contributed by atoms with van der Waals surface area (Å²) in [5.41, 5.74) is 1.23. The zero-order valence-electron chi connectivity index (χ0n) is 5.89. The second kappa shape index (κ2) is 2.46. The van der Waals surface area contributed by atoms with Crippen LogP contribution in [0, 0.1) is 19.1 Å². The highest BCUT2D eigenvalue weighted by Crippen LogP contribution is 2.09. The topological polar surface area (TPSA) is 26.9 Å². The van der Waals surface area contributed by atoms with Gasteiger partial charge in [-0.2, -0.15) is 4.73 Å². The molecular weight excluding hydrogens is 150 g/mol. The summed E-state index contributed by atoms with van der Waals surface area (Å²) in [6, 6.07) is 3.42. The Hall–Kier alpha value is -0.760. The van der Waals surface area contributed by atoms with E-state index in [9.17, 15) is 5.21 Å². The molecule has 0 spiro atoms. The van der Waals surface area contributed by atoms with E-state index in [-0.39, 0.29) is 0 Å². The van der Waals surface area contributed by atoms with Gasteiger partial charge in [0.05, 0.1) is 0 Å². The van der Waals surface area contributed by atoms with Gasteiger partial charge in [-0.25, -0.2) is 0 Å². The molecule has 0 aliphatic heterocycles. The summed E-state index contributed by atoms with van der Waals surface area (Å²) < 4.78 is 0.822. The molecule has 0 aliphatic carbocycles. The third-order valence-corrected chi connectivity index (χ3v) is 1.84. The SMILES string of the molecule is Cc1ccc(Cl)c(C)[n+]1[O-]. The van der Waals surface area contributed by atoms with E-state index in [4.69, 9.17) is 11.6 Å². The van der Waals surface area contributed by atoms with Gasteiger partial charge >= 0.3 is 0 Å². The first kappa shape index (κ1) is 7.35. The molecule has 0 atom stereocenters. The summed E-state index contributed by atoms with van der Waals surface area (Å²) in [7, 11) is 0. The van der Waals surface area contributed by atoms with Gasteiger partial charge < -0.3 is 5.21 Å². The van der Waals surface area contributed by atoms with Crippen molar-refractivity contribution in [1.82, 2.24) is 0 Å². The van der Waals surface area contributed by atoms with Gasteiger partial charge in [-0.1, -0.05) is 11.6 Å². The molecule has 1 aromatic heterocycles. The van der Waals surface area contributed by atoms with E-state index in [2.05, 4.69) is 0 Å². The molecule has 0 unspecified atom stereocenters. The third kappa shape index (κ3) is 1.07. The lowest BCUT2D eigenvalue weighted by Crippen LogP contribution is -2.33. The molecule has 0 amide bonds. The van der Waals surface area contributed by atoms with Crippen molar-refractivity contribution in [2.24, 2.45) is 0 Å². The molecule has 1 rings (SSSR count). The highest BCUT2D eigenvalue weighted by atomic mass is 35.5. The zero-order valence-corrected chi connectivity index (χ0v) is 6.64. The molecule has 0 aromatic carbocycles. The van der Waals surface area contributed by atoms with Crippen molar-refractivity contribution < 1.29 is 4.73 Å². The molecule has 2 nitrogen and oxygen atoms in total. The minimum atomic E-state index is 0.514. The van der Waals surface area contributed by atoms with E-state index in [0.717, 1.165) is 4.73 Å². The van der Waals surface area contributed by atoms with Crippen LogP contribution in [0.3, 0.4) is 0 Å². The number of aryl methyl sites for hydroxylation is 1. The van der Waals surface area contributed by atoms with Crippen molar-refractivity contribution in [2.75, 3.05) is 0 Å². The number of rotatable bonds is 0. The lowest BCUT2D eigenvalue weighted by Gasteiger charge is -2.03. The molecule has 0 N–H and O–H groups in total. The highest BCUT2D eigenvalue weighted by molar-refractivity contribution is 6.31. The Balaban J connectivity index is 3.34. The molecule has 0 saturated carbocycles. The van der Waals surface area contributed by atoms with Crippen LogP contribution >= 0.6 is 11.6 Å². The number of nitrogens with zero attached hydrogens (tertiary/aromatic N) is 1. The smallest absolute Gasteiger partial charge is 0.208 e. The summed E-state index contributed by atoms with van der Waals surface area (Å²) >= 11 is 5.67. The van der Waals surface area contributed by atoms with Gasteiger partial charge in [0.15, 0.2) is 5.69 Å². The van der Waals surface area contributed by atoms with Crippen molar-refractivity contribution >= 4 is 11.6 Å². The van der Waals surface area contributed by atoms with E-state index in [1.807, 2.05) is 0 Å². The molecular formula is C7H8ClNO. The van der Waals surface area contributed by atoms with E-state index < -0.39 is 0 Å². The molecule has 0 radical (unpaired) electrons. The van der Waals surface area contributed by atoms with E-state index in [1.165, 1.54) is 0 Å². The fourth-order valence-corrected chi connectivity index (χ4v) is 0.883. The summed E-state index contributed by atoms with van der Waals surface area (Å²) in [6.45, 7) is 3.44. The quantitative estimate of drug-likeness (QED) is 0.415. The molecule has 54 valence electrons. The summed E-state index contributed by atoms with van der Waals surface area (Å²) in [6.07, 6.45) is 0. The third-order valence-electron chi connectivity index (χ3n) is 1.44. The zero-order chi connectivity index (χ0) is 7.72. The monoisotopic (exact) mass is 157 g/mol. The van der Waals surface area contributed by atoms with Gasteiger partial charge in [0.25, 0.3) is 0 Å². The van der Waals surface area contributed by atoms with Crippen LogP contribution in [0.15, 0.2) is 12.1 Å². The average Bonchev–Trinajstić information content (AvgIpc) is 1.93. The van der Waals surface area contributed by atoms with Crippen LogP contribution in [0.2, 0.25) is 5.02 Å². The fraction of sp³-hybridized carbons (Fsp3) is 0.286. The second-order valence-electron chi connectivity index (χ2n) is 2.20. The Morgan fingerprint density at radius 3 is 2.50 bits per heavy atom. The van der Waals surface area contributed by atoms with Gasteiger partial charge in [-0.05, 0) is 6.07 Å². The van der Waals surface area contributed by atoms with Crippen LogP contribution in [0.4, 0.5) is 0 Å². The van der Waals surface area contributed by atoms with Crippen LogP contribution < -0.4 is 4.73 Å². The molecule has 3 heteroatoms. The van der Waals surface area contributed by atoms with Crippen molar-refractivity contribution in [2.45, 2.75) is 13.8 Å². The first-order valence-corrected chi connectivity index (χ1v) is 3.36. The molecule has 1 aromatic rings. The number of halogens is 1. The first-order chi connectivity index (χ1) is 4.63. The van der Waals surface area contributed by atoms with Crippen molar-refractivity contribution in [3.05, 3.63) is 33.8 Å². The van der Waals surface area contributed by atoms with Crippen molar-refractivity contribution in [3.63, 3.8) is 0 Å². The molecule has 0 bridgehead atoms. The Morgan fingerprint density at radius 2 is 2.00 bits per heavy atom. The lowest BCUT2D eigenvalue weighted by atomic mass is 10.3. The van der Waals surface area contributed by atoms with E-state index in [1.54, 1.807) is 26.0 Å². The number of hydrogen-bond acceptors (Lipinski definition) is 1. The standard InChI is InChI=1S/C7H8ClNO/c1-5-3-4-7(8)6(2)9(5)10/h3-4H,1-2H3. The minimum absolute atomic E-state index is 0.514. The number of pyridine rings is 1. The molecule has 0 aliphatic rings. The highest BCUT2D eigenvalue weighted by Gasteiger charge is 2.06. The van der Waals surface area contributed by atoms with Gasteiger partial charge in [-0.3, -0.25) is 0 Å². The van der Waals surface area contributed by atoms with Crippen LogP contribution in [-0.2, 0) is 0 Å². The Bertz CT molecular complexity index is 233. The van der Waals surface area contributed by atoms with Crippen molar-refractivity contribution in [1.29, 1.82) is 0 Å². The van der Waals surface area contributed by atoms with Gasteiger partial charge in [-0.15, -0.1) is 0 Å². The maximum atomic E-state index is 11.0. The second-order valence-corrected chi connectivity index (χ2v) is 2.61. The maximum absolute atomic E-state index is 11.0. The Labute approximate surface area is 64.6 Å². The van der Waals surface area contributed by atoms with E-state index >= 15 is 0 Å². The predicted molar refractivity (Wildman–Crippen MR) is 39.9 cm³/mol. The Kier molecular flexibility index (Phi) is 1.81. The predicted octanol–water partition coefficient (Wildman–Crippen LogP) is 1.59. The fourth-order valence-electron chi connectivity index (χ4n) is 0.744. The van der Waals surface area contributed by atoms with Crippen LogP contribution in [-0.4, -0.2) is 0 Å². The number of aromatic nitrogens is 1. The van der Waals surface area contributed by atoms with Gasteiger partial charge in [0, 0.05) is 19.9 Å². The molecule has 1 heterocycles. The normalized spacial score (nSPS) is 9.90. The van der Waals surface area contributed by atoms with Gasteiger partial charge in [0.2, 0.25) is 5.69 Å². The largest absolute Gasteiger partial charge is 0.618 e. The van der Waals surface area contributed by atoms with Crippen molar-refractivity contribution in [3.8, 4) is 0 Å². The van der Waals surface area contributed by atoms with Crippen LogP contribution in [0.1, 0.15) is 11.4 Å². The Morgan fingerprint density at radius 1 is 1.40 bits per heavy atom. The molecule has 10 heavy (non-hydrogen) atoms. The molecule has 0 fully saturated rings. The maximum Gasteiger partial charge on any atom is 0.208 e. The minimum Gasteiger partial charge on any atom is -0.618 e. The summed E-state index contributed by atoms with van der Waals surface area (Å²) in [5.74, 6) is 0.